The van der Waals surface area contributed by atoms with E-state index in [1.165, 1.54) is 11.1 Å². The molecule has 2 aromatic rings. The molecule has 1 unspecified atom stereocenters. The lowest BCUT2D eigenvalue weighted by molar-refractivity contribution is 0.451. The van der Waals surface area contributed by atoms with Crippen molar-refractivity contribution < 1.29 is 4.42 Å². The fourth-order valence-electron chi connectivity index (χ4n) is 1.89. The average Bonchev–Trinajstić information content (AvgIpc) is 2.80. The normalized spacial score (nSPS) is 12.6. The van der Waals surface area contributed by atoms with Gasteiger partial charge in [0.2, 0.25) is 0 Å². The van der Waals surface area contributed by atoms with Gasteiger partial charge in [-0.25, -0.2) is 0 Å². The second-order valence-corrected chi connectivity index (χ2v) is 4.89. The lowest BCUT2D eigenvalue weighted by Crippen LogP contribution is -2.21. The third-order valence-electron chi connectivity index (χ3n) is 2.70. The van der Waals surface area contributed by atoms with Crippen LogP contribution in [-0.4, -0.2) is 6.54 Å². The summed E-state index contributed by atoms with van der Waals surface area (Å²) in [5.74, 6) is 0.941. The fourth-order valence-corrected chi connectivity index (χ4v) is 2.61. The van der Waals surface area contributed by atoms with Crippen molar-refractivity contribution in [3.63, 3.8) is 0 Å². The SMILES string of the molecule is CCNC(c1ccco1)c1ccc(C)cc1Br. The van der Waals surface area contributed by atoms with Crippen molar-refractivity contribution in [1.29, 1.82) is 0 Å². The maximum absolute atomic E-state index is 5.50. The molecule has 0 spiro atoms. The minimum Gasteiger partial charge on any atom is -0.467 e. The molecular weight excluding hydrogens is 278 g/mol. The van der Waals surface area contributed by atoms with Crippen molar-refractivity contribution in [2.24, 2.45) is 0 Å². The molecule has 1 atom stereocenters. The second-order valence-electron chi connectivity index (χ2n) is 4.03. The Morgan fingerprint density at radius 1 is 1.35 bits per heavy atom. The summed E-state index contributed by atoms with van der Waals surface area (Å²) in [4.78, 5) is 0. The molecule has 3 heteroatoms. The van der Waals surface area contributed by atoms with Crippen molar-refractivity contribution in [2.75, 3.05) is 6.54 Å². The number of benzene rings is 1. The van der Waals surface area contributed by atoms with E-state index in [0.29, 0.717) is 0 Å². The smallest absolute Gasteiger partial charge is 0.125 e. The standard InChI is InChI=1S/C14H16BrNO/c1-3-16-14(13-5-4-8-17-13)11-7-6-10(2)9-12(11)15/h4-9,14,16H,3H2,1-2H3. The van der Waals surface area contributed by atoms with E-state index < -0.39 is 0 Å². The van der Waals surface area contributed by atoms with Crippen LogP contribution in [0.15, 0.2) is 45.5 Å². The van der Waals surface area contributed by atoms with Gasteiger partial charge in [-0.1, -0.05) is 35.0 Å². The molecule has 0 radical (unpaired) electrons. The predicted octanol–water partition coefficient (Wildman–Crippen LogP) is 4.05. The molecule has 0 fully saturated rings. The van der Waals surface area contributed by atoms with Gasteiger partial charge in [-0.15, -0.1) is 0 Å². The topological polar surface area (TPSA) is 25.2 Å². The minimum absolute atomic E-state index is 0.102. The van der Waals surface area contributed by atoms with Crippen LogP contribution in [0.25, 0.3) is 0 Å². The molecule has 1 heterocycles. The highest BCUT2D eigenvalue weighted by molar-refractivity contribution is 9.10. The van der Waals surface area contributed by atoms with Crippen LogP contribution in [0.1, 0.15) is 29.9 Å². The molecule has 2 rings (SSSR count). The Labute approximate surface area is 110 Å². The van der Waals surface area contributed by atoms with Crippen molar-refractivity contribution in [3.05, 3.63) is 58.0 Å². The predicted molar refractivity (Wildman–Crippen MR) is 73.1 cm³/mol. The van der Waals surface area contributed by atoms with Gasteiger partial charge in [0.05, 0.1) is 12.3 Å². The summed E-state index contributed by atoms with van der Waals surface area (Å²) in [6.45, 7) is 5.08. The molecule has 1 aromatic heterocycles. The van der Waals surface area contributed by atoms with E-state index in [0.717, 1.165) is 16.8 Å². The van der Waals surface area contributed by atoms with Crippen LogP contribution in [0.5, 0.6) is 0 Å². The number of furan rings is 1. The summed E-state index contributed by atoms with van der Waals surface area (Å²) >= 11 is 3.62. The van der Waals surface area contributed by atoms with E-state index in [4.69, 9.17) is 4.42 Å². The van der Waals surface area contributed by atoms with Crippen molar-refractivity contribution in [2.45, 2.75) is 19.9 Å². The van der Waals surface area contributed by atoms with Crippen molar-refractivity contribution >= 4 is 15.9 Å². The van der Waals surface area contributed by atoms with Gasteiger partial charge < -0.3 is 9.73 Å². The van der Waals surface area contributed by atoms with E-state index in [2.05, 4.69) is 53.3 Å². The highest BCUT2D eigenvalue weighted by atomic mass is 79.9. The van der Waals surface area contributed by atoms with E-state index in [9.17, 15) is 0 Å². The number of hydrogen-bond donors (Lipinski definition) is 1. The van der Waals surface area contributed by atoms with Crippen LogP contribution < -0.4 is 5.32 Å². The summed E-state index contributed by atoms with van der Waals surface area (Å²) in [7, 11) is 0. The Kier molecular flexibility index (Phi) is 4.02. The summed E-state index contributed by atoms with van der Waals surface area (Å²) in [6, 6.07) is 10.4. The summed E-state index contributed by atoms with van der Waals surface area (Å²) < 4.78 is 6.62. The van der Waals surface area contributed by atoms with Gasteiger partial charge in [0.1, 0.15) is 5.76 Å². The van der Waals surface area contributed by atoms with Gasteiger partial charge in [-0.3, -0.25) is 0 Å². The zero-order valence-corrected chi connectivity index (χ0v) is 11.6. The quantitative estimate of drug-likeness (QED) is 0.920. The molecule has 0 aliphatic rings. The lowest BCUT2D eigenvalue weighted by atomic mass is 10.0. The number of hydrogen-bond acceptors (Lipinski definition) is 2. The summed E-state index contributed by atoms with van der Waals surface area (Å²) in [5, 5.41) is 3.44. The first-order valence-electron chi connectivity index (χ1n) is 5.75. The largest absolute Gasteiger partial charge is 0.467 e. The van der Waals surface area contributed by atoms with Gasteiger partial charge in [0.15, 0.2) is 0 Å². The molecule has 2 nitrogen and oxygen atoms in total. The number of aryl methyl sites for hydroxylation is 1. The minimum atomic E-state index is 0.102. The molecule has 0 saturated carbocycles. The third kappa shape index (κ3) is 2.79. The van der Waals surface area contributed by atoms with E-state index in [1.54, 1.807) is 6.26 Å². The van der Waals surface area contributed by atoms with Gasteiger partial charge >= 0.3 is 0 Å². The molecular formula is C14H16BrNO. The van der Waals surface area contributed by atoms with Crippen molar-refractivity contribution in [3.8, 4) is 0 Å². The maximum atomic E-state index is 5.50. The lowest BCUT2D eigenvalue weighted by Gasteiger charge is -2.17. The zero-order chi connectivity index (χ0) is 12.3. The maximum Gasteiger partial charge on any atom is 0.125 e. The van der Waals surface area contributed by atoms with Crippen LogP contribution in [0, 0.1) is 6.92 Å². The molecule has 0 amide bonds. The van der Waals surface area contributed by atoms with Gasteiger partial charge in [0.25, 0.3) is 0 Å². The van der Waals surface area contributed by atoms with Gasteiger partial charge in [-0.05, 0) is 42.8 Å². The molecule has 0 saturated heterocycles. The highest BCUT2D eigenvalue weighted by Crippen LogP contribution is 2.29. The van der Waals surface area contributed by atoms with Crippen LogP contribution >= 0.6 is 15.9 Å². The first-order valence-corrected chi connectivity index (χ1v) is 6.54. The van der Waals surface area contributed by atoms with Crippen LogP contribution in [0.3, 0.4) is 0 Å². The molecule has 17 heavy (non-hydrogen) atoms. The molecule has 90 valence electrons. The first-order chi connectivity index (χ1) is 8.22. The number of halogens is 1. The van der Waals surface area contributed by atoms with Crippen LogP contribution in [-0.2, 0) is 0 Å². The fraction of sp³-hybridized carbons (Fsp3) is 0.286. The summed E-state index contributed by atoms with van der Waals surface area (Å²) in [6.07, 6.45) is 1.71. The number of nitrogens with one attached hydrogen (secondary N) is 1. The molecule has 0 aliphatic carbocycles. The second kappa shape index (κ2) is 5.52. The van der Waals surface area contributed by atoms with E-state index >= 15 is 0 Å². The molecule has 0 aliphatic heterocycles. The van der Waals surface area contributed by atoms with Crippen molar-refractivity contribution in [1.82, 2.24) is 5.32 Å². The zero-order valence-electron chi connectivity index (χ0n) is 10.0. The van der Waals surface area contributed by atoms with E-state index in [-0.39, 0.29) is 6.04 Å². The third-order valence-corrected chi connectivity index (χ3v) is 3.39. The Morgan fingerprint density at radius 3 is 2.76 bits per heavy atom. The van der Waals surface area contributed by atoms with Crippen LogP contribution in [0.2, 0.25) is 0 Å². The molecule has 1 aromatic carbocycles. The Bertz CT molecular complexity index is 479. The Hall–Kier alpha value is -1.06. The van der Waals surface area contributed by atoms with E-state index in [1.807, 2.05) is 12.1 Å². The molecule has 0 bridgehead atoms. The summed E-state index contributed by atoms with van der Waals surface area (Å²) in [5.41, 5.74) is 2.45. The highest BCUT2D eigenvalue weighted by Gasteiger charge is 2.17. The average molecular weight is 294 g/mol. The Balaban J connectivity index is 2.39. The monoisotopic (exact) mass is 293 g/mol. The van der Waals surface area contributed by atoms with Gasteiger partial charge in [0, 0.05) is 4.47 Å². The van der Waals surface area contributed by atoms with Gasteiger partial charge in [-0.2, -0.15) is 0 Å². The molecule has 1 N–H and O–H groups in total. The first kappa shape index (κ1) is 12.4. The van der Waals surface area contributed by atoms with Crippen LogP contribution in [0.4, 0.5) is 0 Å². The number of rotatable bonds is 4. The Morgan fingerprint density at radius 2 is 2.18 bits per heavy atom.